The number of esters is 1. The first-order valence-corrected chi connectivity index (χ1v) is 9.08. The van der Waals surface area contributed by atoms with Crippen molar-refractivity contribution in [2.24, 2.45) is 5.10 Å². The number of rotatable bonds is 4. The van der Waals surface area contributed by atoms with Crippen LogP contribution in [0.15, 0.2) is 44.4 Å². The minimum Gasteiger partial charge on any atom is -0.424 e. The number of amides is 1. The Morgan fingerprint density at radius 1 is 1.12 bits per heavy atom. The Morgan fingerprint density at radius 2 is 1.76 bits per heavy atom. The summed E-state index contributed by atoms with van der Waals surface area (Å²) in [6.45, 7) is 1.31. The fourth-order valence-corrected chi connectivity index (χ4v) is 3.44. The summed E-state index contributed by atoms with van der Waals surface area (Å²) in [7, 11) is 0. The van der Waals surface area contributed by atoms with Gasteiger partial charge in [-0.1, -0.05) is 23.2 Å². The van der Waals surface area contributed by atoms with Crippen LogP contribution in [0, 0.1) is 0 Å². The molecule has 1 amide bonds. The Hall–Kier alpha value is -1.41. The Kier molecular flexibility index (Phi) is 7.01. The fraction of sp³-hybridized carbons (Fsp3) is 0.0625. The zero-order valence-electron chi connectivity index (χ0n) is 12.6. The lowest BCUT2D eigenvalue weighted by atomic mass is 10.2. The molecule has 2 rings (SSSR count). The minimum absolute atomic E-state index is 0.284. The molecular weight excluding hydrogens is 499 g/mol. The van der Waals surface area contributed by atoms with Crippen molar-refractivity contribution in [3.8, 4) is 5.75 Å². The van der Waals surface area contributed by atoms with E-state index >= 15 is 0 Å². The largest absolute Gasteiger partial charge is 0.424 e. The smallest absolute Gasteiger partial charge is 0.308 e. The van der Waals surface area contributed by atoms with Crippen LogP contribution in [0.4, 0.5) is 0 Å². The van der Waals surface area contributed by atoms with E-state index < -0.39 is 11.9 Å². The predicted molar refractivity (Wildman–Crippen MR) is 105 cm³/mol. The maximum Gasteiger partial charge on any atom is 0.308 e. The Balaban J connectivity index is 2.10. The van der Waals surface area contributed by atoms with Gasteiger partial charge in [-0.2, -0.15) is 5.10 Å². The first-order valence-electron chi connectivity index (χ1n) is 6.74. The molecule has 0 radical (unpaired) electrons. The van der Waals surface area contributed by atoms with Gasteiger partial charge in [-0.25, -0.2) is 5.43 Å². The summed E-state index contributed by atoms with van der Waals surface area (Å²) in [5.74, 6) is -0.495. The van der Waals surface area contributed by atoms with Crippen molar-refractivity contribution in [1.82, 2.24) is 5.43 Å². The molecule has 0 atom stereocenters. The van der Waals surface area contributed by atoms with Crippen LogP contribution in [-0.2, 0) is 4.79 Å². The Morgan fingerprint density at radius 3 is 2.32 bits per heavy atom. The molecule has 0 unspecified atom stereocenters. The highest BCUT2D eigenvalue weighted by molar-refractivity contribution is 9.11. The zero-order chi connectivity index (χ0) is 18.6. The number of carbonyl (C=O) groups excluding carboxylic acids is 2. The minimum atomic E-state index is -0.434. The van der Waals surface area contributed by atoms with E-state index in [1.54, 1.807) is 18.2 Å². The lowest BCUT2D eigenvalue weighted by molar-refractivity contribution is -0.131. The van der Waals surface area contributed by atoms with Gasteiger partial charge in [-0.05, 0) is 67.8 Å². The molecule has 0 saturated carbocycles. The molecule has 0 fully saturated rings. The molecule has 9 heteroatoms. The molecule has 25 heavy (non-hydrogen) atoms. The average Bonchev–Trinajstić information content (AvgIpc) is 2.53. The van der Waals surface area contributed by atoms with E-state index in [0.29, 0.717) is 30.8 Å². The molecule has 130 valence electrons. The molecule has 0 aliphatic rings. The lowest BCUT2D eigenvalue weighted by Gasteiger charge is -2.07. The van der Waals surface area contributed by atoms with E-state index in [-0.39, 0.29) is 5.02 Å². The summed E-state index contributed by atoms with van der Waals surface area (Å²) >= 11 is 18.3. The first-order chi connectivity index (χ1) is 11.8. The van der Waals surface area contributed by atoms with E-state index in [9.17, 15) is 9.59 Å². The number of nitrogens with one attached hydrogen (secondary N) is 1. The standard InChI is InChI=1S/C16H10Br2Cl2N2O3/c1-8(23)25-15-11(17)4-9(5-12(15)18)7-21-22-16(24)10-2-3-13(19)14(20)6-10/h2-7H,1H3,(H,22,24)/b21-7-. The second-order valence-electron chi connectivity index (χ2n) is 4.74. The van der Waals surface area contributed by atoms with Gasteiger partial charge in [0, 0.05) is 12.5 Å². The maximum atomic E-state index is 12.0. The lowest BCUT2D eigenvalue weighted by Crippen LogP contribution is -2.17. The van der Waals surface area contributed by atoms with Gasteiger partial charge in [-0.3, -0.25) is 9.59 Å². The number of ether oxygens (including phenoxy) is 1. The summed E-state index contributed by atoms with van der Waals surface area (Å²) in [5.41, 5.74) is 3.40. The number of hydrazone groups is 1. The van der Waals surface area contributed by atoms with Gasteiger partial charge >= 0.3 is 5.97 Å². The molecular formula is C16H10Br2Cl2N2O3. The van der Waals surface area contributed by atoms with Crippen molar-refractivity contribution in [3.05, 3.63) is 60.4 Å². The van der Waals surface area contributed by atoms with E-state index in [1.165, 1.54) is 25.3 Å². The SMILES string of the molecule is CC(=O)Oc1c(Br)cc(/C=N\NC(=O)c2ccc(Cl)c(Cl)c2)cc1Br. The van der Waals surface area contributed by atoms with Crippen molar-refractivity contribution < 1.29 is 14.3 Å². The molecule has 0 saturated heterocycles. The zero-order valence-corrected chi connectivity index (χ0v) is 17.3. The van der Waals surface area contributed by atoms with E-state index in [4.69, 9.17) is 27.9 Å². The fourth-order valence-electron chi connectivity index (χ4n) is 1.76. The molecule has 0 heterocycles. The van der Waals surface area contributed by atoms with E-state index in [2.05, 4.69) is 42.4 Å². The first kappa shape index (κ1) is 19.9. The van der Waals surface area contributed by atoms with E-state index in [0.717, 1.165) is 0 Å². The molecule has 0 aromatic heterocycles. The maximum absolute atomic E-state index is 12.0. The summed E-state index contributed by atoms with van der Waals surface area (Å²) in [4.78, 5) is 23.1. The second kappa shape index (κ2) is 8.80. The van der Waals surface area contributed by atoms with Crippen LogP contribution in [0.25, 0.3) is 0 Å². The monoisotopic (exact) mass is 506 g/mol. The summed E-state index contributed by atoms with van der Waals surface area (Å²) in [6.07, 6.45) is 1.45. The third-order valence-electron chi connectivity index (χ3n) is 2.83. The highest BCUT2D eigenvalue weighted by atomic mass is 79.9. The van der Waals surface area contributed by atoms with Crippen molar-refractivity contribution in [2.75, 3.05) is 0 Å². The number of halogens is 4. The molecule has 5 nitrogen and oxygen atoms in total. The number of hydrogen-bond acceptors (Lipinski definition) is 4. The summed E-state index contributed by atoms with van der Waals surface area (Å²) in [6, 6.07) is 7.91. The van der Waals surface area contributed by atoms with Crippen LogP contribution in [0.2, 0.25) is 10.0 Å². The number of benzene rings is 2. The van der Waals surface area contributed by atoms with Crippen LogP contribution >= 0.6 is 55.1 Å². The Labute approximate surface area is 170 Å². The van der Waals surface area contributed by atoms with Crippen molar-refractivity contribution in [2.45, 2.75) is 6.92 Å². The molecule has 0 aliphatic carbocycles. The average molecular weight is 509 g/mol. The molecule has 1 N–H and O–H groups in total. The third kappa shape index (κ3) is 5.54. The van der Waals surface area contributed by atoms with Crippen LogP contribution in [-0.4, -0.2) is 18.1 Å². The summed E-state index contributed by atoms with van der Waals surface area (Å²) < 4.78 is 6.21. The highest BCUT2D eigenvalue weighted by Crippen LogP contribution is 2.34. The molecule has 0 bridgehead atoms. The van der Waals surface area contributed by atoms with Gasteiger partial charge in [0.2, 0.25) is 0 Å². The van der Waals surface area contributed by atoms with Crippen LogP contribution in [0.5, 0.6) is 5.75 Å². The van der Waals surface area contributed by atoms with Gasteiger partial charge in [0.15, 0.2) is 5.75 Å². The van der Waals surface area contributed by atoms with Crippen LogP contribution in [0.1, 0.15) is 22.8 Å². The number of hydrogen-bond donors (Lipinski definition) is 1. The molecule has 0 spiro atoms. The van der Waals surface area contributed by atoms with Gasteiger partial charge in [0.05, 0.1) is 25.2 Å². The third-order valence-corrected chi connectivity index (χ3v) is 4.75. The van der Waals surface area contributed by atoms with Crippen molar-refractivity contribution in [1.29, 1.82) is 0 Å². The van der Waals surface area contributed by atoms with Gasteiger partial charge in [0.25, 0.3) is 5.91 Å². The molecule has 2 aromatic carbocycles. The highest BCUT2D eigenvalue weighted by Gasteiger charge is 2.11. The normalized spacial score (nSPS) is 10.8. The van der Waals surface area contributed by atoms with Crippen molar-refractivity contribution >= 4 is 73.2 Å². The van der Waals surface area contributed by atoms with Gasteiger partial charge < -0.3 is 4.74 Å². The topological polar surface area (TPSA) is 67.8 Å². The van der Waals surface area contributed by atoms with E-state index in [1.807, 2.05) is 0 Å². The second-order valence-corrected chi connectivity index (χ2v) is 7.26. The van der Waals surface area contributed by atoms with Gasteiger partial charge in [-0.15, -0.1) is 0 Å². The molecule has 0 aliphatic heterocycles. The van der Waals surface area contributed by atoms with Crippen LogP contribution in [0.3, 0.4) is 0 Å². The quantitative estimate of drug-likeness (QED) is 0.267. The summed E-state index contributed by atoms with van der Waals surface area (Å²) in [5, 5.41) is 4.54. The number of carbonyl (C=O) groups is 2. The molecule has 2 aromatic rings. The van der Waals surface area contributed by atoms with Crippen molar-refractivity contribution in [3.63, 3.8) is 0 Å². The predicted octanol–water partition coefficient (Wildman–Crippen LogP) is 5.21. The van der Waals surface area contributed by atoms with Crippen LogP contribution < -0.4 is 10.2 Å². The van der Waals surface area contributed by atoms with Gasteiger partial charge in [0.1, 0.15) is 0 Å². The number of nitrogens with zero attached hydrogens (tertiary/aromatic N) is 1. The Bertz CT molecular complexity index is 849.